The molecular weight excluding hydrogens is 436 g/mol. The summed E-state index contributed by atoms with van der Waals surface area (Å²) >= 11 is 0. The van der Waals surface area contributed by atoms with Crippen LogP contribution in [0.5, 0.6) is 0 Å². The first kappa shape index (κ1) is 22.4. The second kappa shape index (κ2) is 9.10. The fourth-order valence-corrected chi connectivity index (χ4v) is 5.65. The first-order valence-electron chi connectivity index (χ1n) is 11.6. The number of carboxylic acids is 1. The van der Waals surface area contributed by atoms with E-state index >= 15 is 0 Å². The molecule has 0 aromatic heterocycles. The van der Waals surface area contributed by atoms with Gasteiger partial charge in [-0.05, 0) is 40.5 Å². The number of carboxylic acid groups (broad SMARTS) is 1. The number of alkyl carbamates (subject to hydrolysis) is 1. The highest BCUT2D eigenvalue weighted by atomic mass is 16.5. The number of ether oxygens (including phenoxy) is 2. The summed E-state index contributed by atoms with van der Waals surface area (Å²) in [7, 11) is 1.47. The first-order chi connectivity index (χ1) is 16.5. The molecule has 0 bridgehead atoms. The number of rotatable bonds is 7. The Labute approximate surface area is 197 Å². The third kappa shape index (κ3) is 4.03. The van der Waals surface area contributed by atoms with Crippen molar-refractivity contribution in [2.75, 3.05) is 33.4 Å². The van der Waals surface area contributed by atoms with E-state index in [1.807, 2.05) is 36.4 Å². The number of amides is 2. The van der Waals surface area contributed by atoms with Gasteiger partial charge in [0, 0.05) is 26.1 Å². The quantitative estimate of drug-likeness (QED) is 0.653. The van der Waals surface area contributed by atoms with Gasteiger partial charge in [0.1, 0.15) is 12.6 Å². The van der Waals surface area contributed by atoms with Gasteiger partial charge in [0.2, 0.25) is 5.91 Å². The monoisotopic (exact) mass is 464 g/mol. The third-order valence-corrected chi connectivity index (χ3v) is 7.36. The molecule has 0 spiro atoms. The standard InChI is InChI=1S/C26H28N2O6/c1-33-14-22(24(29)28-11-10-19-20(12-28)23(19)25(30)31)27-26(32)34-13-21-17-8-4-2-6-15(17)16-7-3-5-9-18(16)21/h2-9,19-23H,10-14H2,1H3,(H,27,32)(H,30,31)/t19-,20+,22?,23?/m0/s1. The predicted molar refractivity (Wildman–Crippen MR) is 123 cm³/mol. The Hall–Kier alpha value is -3.39. The van der Waals surface area contributed by atoms with Crippen LogP contribution in [0.2, 0.25) is 0 Å². The zero-order chi connectivity index (χ0) is 23.8. The largest absolute Gasteiger partial charge is 0.481 e. The summed E-state index contributed by atoms with van der Waals surface area (Å²) in [4.78, 5) is 38.7. The molecule has 1 saturated heterocycles. The van der Waals surface area contributed by atoms with Crippen molar-refractivity contribution >= 4 is 18.0 Å². The Morgan fingerprint density at radius 3 is 2.32 bits per heavy atom. The summed E-state index contributed by atoms with van der Waals surface area (Å²) < 4.78 is 10.8. The van der Waals surface area contributed by atoms with Gasteiger partial charge < -0.3 is 24.8 Å². The van der Waals surface area contributed by atoms with Crippen molar-refractivity contribution in [3.05, 3.63) is 59.7 Å². The number of hydrogen-bond acceptors (Lipinski definition) is 5. The van der Waals surface area contributed by atoms with E-state index in [2.05, 4.69) is 17.4 Å². The molecule has 2 N–H and O–H groups in total. The van der Waals surface area contributed by atoms with Gasteiger partial charge in [-0.1, -0.05) is 48.5 Å². The first-order valence-corrected chi connectivity index (χ1v) is 11.6. The van der Waals surface area contributed by atoms with Gasteiger partial charge in [0.05, 0.1) is 12.5 Å². The van der Waals surface area contributed by atoms with Crippen LogP contribution < -0.4 is 5.32 Å². The molecule has 2 aromatic rings. The predicted octanol–water partition coefficient (Wildman–Crippen LogP) is 2.72. The van der Waals surface area contributed by atoms with Crippen LogP contribution in [0.1, 0.15) is 23.5 Å². The molecule has 5 rings (SSSR count). The van der Waals surface area contributed by atoms with Crippen LogP contribution >= 0.6 is 0 Å². The number of fused-ring (bicyclic) bond motifs is 4. The van der Waals surface area contributed by atoms with E-state index in [1.165, 1.54) is 7.11 Å². The molecule has 8 heteroatoms. The summed E-state index contributed by atoms with van der Waals surface area (Å²) in [6, 6.07) is 15.3. The van der Waals surface area contributed by atoms with Gasteiger partial charge >= 0.3 is 12.1 Å². The van der Waals surface area contributed by atoms with Crippen molar-refractivity contribution in [2.24, 2.45) is 17.8 Å². The van der Waals surface area contributed by atoms with Gasteiger partial charge in [0.15, 0.2) is 0 Å². The molecule has 1 heterocycles. The molecule has 2 aromatic carbocycles. The number of hydrogen-bond donors (Lipinski definition) is 2. The fourth-order valence-electron chi connectivity index (χ4n) is 5.65. The van der Waals surface area contributed by atoms with E-state index in [1.54, 1.807) is 4.90 Å². The van der Waals surface area contributed by atoms with Gasteiger partial charge in [-0.15, -0.1) is 0 Å². The minimum atomic E-state index is -0.890. The average Bonchev–Trinajstić information content (AvgIpc) is 3.49. The molecule has 2 amide bonds. The van der Waals surface area contributed by atoms with Crippen molar-refractivity contribution in [1.29, 1.82) is 0 Å². The van der Waals surface area contributed by atoms with E-state index < -0.39 is 18.1 Å². The summed E-state index contributed by atoms with van der Waals surface area (Å²) in [5, 5.41) is 12.0. The molecule has 1 saturated carbocycles. The molecule has 0 radical (unpaired) electrons. The lowest BCUT2D eigenvalue weighted by atomic mass is 9.98. The molecule has 1 aliphatic heterocycles. The molecule has 2 aliphatic carbocycles. The number of carbonyl (C=O) groups is 3. The maximum Gasteiger partial charge on any atom is 0.407 e. The van der Waals surface area contributed by atoms with Gasteiger partial charge in [-0.3, -0.25) is 9.59 Å². The number of piperidine rings is 1. The van der Waals surface area contributed by atoms with Gasteiger partial charge in [-0.2, -0.15) is 0 Å². The van der Waals surface area contributed by atoms with Crippen LogP contribution in [0.3, 0.4) is 0 Å². The van der Waals surface area contributed by atoms with Crippen molar-refractivity contribution in [1.82, 2.24) is 10.2 Å². The lowest BCUT2D eigenvalue weighted by Gasteiger charge is -2.30. The summed E-state index contributed by atoms with van der Waals surface area (Å²) in [6.07, 6.45) is -0.0140. The molecule has 2 unspecified atom stereocenters. The van der Waals surface area contributed by atoms with Crippen LogP contribution in [0.4, 0.5) is 4.79 Å². The Morgan fingerprint density at radius 2 is 1.71 bits per heavy atom. The molecular formula is C26H28N2O6. The van der Waals surface area contributed by atoms with Gasteiger partial charge in [-0.25, -0.2) is 4.79 Å². The SMILES string of the molecule is COCC(NC(=O)OCC1c2ccccc2-c2ccccc21)C(=O)N1CC[C@@H]2C(C(=O)O)[C@@H]2C1. The van der Waals surface area contributed by atoms with Crippen LogP contribution in [0.15, 0.2) is 48.5 Å². The molecule has 4 atom stereocenters. The van der Waals surface area contributed by atoms with Crippen molar-refractivity contribution in [3.8, 4) is 11.1 Å². The van der Waals surface area contributed by atoms with E-state index in [0.717, 1.165) is 22.3 Å². The van der Waals surface area contributed by atoms with E-state index in [9.17, 15) is 19.5 Å². The average molecular weight is 465 g/mol. The second-order valence-electron chi connectivity index (χ2n) is 9.24. The number of nitrogens with one attached hydrogen (secondary N) is 1. The molecule has 178 valence electrons. The number of likely N-dealkylation sites (tertiary alicyclic amines) is 1. The highest BCUT2D eigenvalue weighted by Gasteiger charge is 2.57. The zero-order valence-electron chi connectivity index (χ0n) is 19.0. The lowest BCUT2D eigenvalue weighted by molar-refractivity contribution is -0.139. The van der Waals surface area contributed by atoms with Crippen LogP contribution in [0.25, 0.3) is 11.1 Å². The number of nitrogens with zero attached hydrogens (tertiary/aromatic N) is 1. The van der Waals surface area contributed by atoms with Crippen LogP contribution in [-0.2, 0) is 19.1 Å². The maximum atomic E-state index is 13.1. The van der Waals surface area contributed by atoms with Crippen LogP contribution in [-0.4, -0.2) is 67.4 Å². The van der Waals surface area contributed by atoms with Gasteiger partial charge in [0.25, 0.3) is 0 Å². The summed E-state index contributed by atoms with van der Waals surface area (Å²) in [6.45, 7) is 1.04. The minimum absolute atomic E-state index is 0.00662. The smallest absolute Gasteiger partial charge is 0.407 e. The molecule has 8 nitrogen and oxygen atoms in total. The van der Waals surface area contributed by atoms with E-state index in [4.69, 9.17) is 9.47 Å². The summed E-state index contributed by atoms with van der Waals surface area (Å²) in [5.41, 5.74) is 4.51. The second-order valence-corrected chi connectivity index (χ2v) is 9.24. The zero-order valence-corrected chi connectivity index (χ0v) is 19.0. The normalized spacial score (nSPS) is 23.3. The Kier molecular flexibility index (Phi) is 6.00. The molecule has 2 fully saturated rings. The number of methoxy groups -OCH3 is 1. The number of benzene rings is 2. The number of aliphatic carboxylic acids is 1. The Morgan fingerprint density at radius 1 is 1.06 bits per heavy atom. The topological polar surface area (TPSA) is 105 Å². The van der Waals surface area contributed by atoms with Crippen molar-refractivity contribution < 1.29 is 29.0 Å². The van der Waals surface area contributed by atoms with Crippen molar-refractivity contribution in [2.45, 2.75) is 18.4 Å². The number of carbonyl (C=O) groups excluding carboxylic acids is 2. The molecule has 34 heavy (non-hydrogen) atoms. The Bertz CT molecular complexity index is 1070. The highest BCUT2D eigenvalue weighted by Crippen LogP contribution is 2.51. The maximum absolute atomic E-state index is 13.1. The summed E-state index contributed by atoms with van der Waals surface area (Å²) in [5.74, 6) is -1.37. The van der Waals surface area contributed by atoms with E-state index in [-0.39, 0.29) is 42.8 Å². The highest BCUT2D eigenvalue weighted by molar-refractivity contribution is 5.86. The Balaban J connectivity index is 1.21. The van der Waals surface area contributed by atoms with Crippen LogP contribution in [0, 0.1) is 17.8 Å². The minimum Gasteiger partial charge on any atom is -0.481 e. The van der Waals surface area contributed by atoms with E-state index in [0.29, 0.717) is 19.5 Å². The molecule has 3 aliphatic rings. The fraction of sp³-hybridized carbons (Fsp3) is 0.423. The third-order valence-electron chi connectivity index (χ3n) is 7.36. The van der Waals surface area contributed by atoms with Crippen molar-refractivity contribution in [3.63, 3.8) is 0 Å². The lowest BCUT2D eigenvalue weighted by Crippen LogP contribution is -2.52.